The Kier molecular flexibility index (Phi) is 2.73. The summed E-state index contributed by atoms with van der Waals surface area (Å²) in [6, 6.07) is 0. The van der Waals surface area contributed by atoms with Crippen LogP contribution in [0.5, 0.6) is 0 Å². The third-order valence-corrected chi connectivity index (χ3v) is 3.79. The lowest BCUT2D eigenvalue weighted by atomic mass is 10.2. The second kappa shape index (κ2) is 3.89. The van der Waals surface area contributed by atoms with Crippen LogP contribution >= 0.6 is 11.3 Å². The molecule has 1 heterocycles. The highest BCUT2D eigenvalue weighted by Crippen LogP contribution is 2.52. The van der Waals surface area contributed by atoms with Gasteiger partial charge in [-0.3, -0.25) is 4.79 Å². The van der Waals surface area contributed by atoms with Crippen molar-refractivity contribution in [2.24, 2.45) is 0 Å². The van der Waals surface area contributed by atoms with E-state index >= 15 is 0 Å². The van der Waals surface area contributed by atoms with Gasteiger partial charge in [-0.15, -0.1) is 11.3 Å². The molecule has 1 aromatic rings. The monoisotopic (exact) mass is 228 g/mol. The number of thiazole rings is 1. The number of aryl methyl sites for hydroxylation is 1. The molecule has 2 rings (SSSR count). The van der Waals surface area contributed by atoms with Gasteiger partial charge in [0.15, 0.2) is 0 Å². The van der Waals surface area contributed by atoms with Gasteiger partial charge in [0.05, 0.1) is 17.1 Å². The summed E-state index contributed by atoms with van der Waals surface area (Å²) in [5.41, 5.74) is -0.259. The van der Waals surface area contributed by atoms with Crippen LogP contribution in [0.25, 0.3) is 0 Å². The van der Waals surface area contributed by atoms with Crippen LogP contribution in [-0.4, -0.2) is 11.4 Å². The minimum absolute atomic E-state index is 0.400. The van der Waals surface area contributed by atoms with Gasteiger partial charge in [-0.25, -0.2) is 9.37 Å². The number of rotatable bonds is 5. The lowest BCUT2D eigenvalue weighted by Crippen LogP contribution is -2.09. The Morgan fingerprint density at radius 3 is 2.93 bits per heavy atom. The van der Waals surface area contributed by atoms with Gasteiger partial charge in [0, 0.05) is 0 Å². The summed E-state index contributed by atoms with van der Waals surface area (Å²) in [4.78, 5) is 15.2. The minimum Gasteiger partial charge on any atom is -0.352 e. The zero-order valence-corrected chi connectivity index (χ0v) is 9.36. The Hall–Kier alpha value is -0.970. The first-order valence-corrected chi connectivity index (χ1v) is 5.86. The normalized spacial score (nSPS) is 17.5. The number of carbonyl (C=O) groups is 1. The molecule has 1 amide bonds. The van der Waals surface area contributed by atoms with E-state index in [0.717, 1.165) is 22.0 Å². The van der Waals surface area contributed by atoms with Crippen molar-refractivity contribution in [3.05, 3.63) is 15.6 Å². The summed E-state index contributed by atoms with van der Waals surface area (Å²) in [5.74, 6) is 0. The topological polar surface area (TPSA) is 42.0 Å². The van der Waals surface area contributed by atoms with Crippen LogP contribution < -0.4 is 5.32 Å². The Morgan fingerprint density at radius 1 is 1.67 bits per heavy atom. The summed E-state index contributed by atoms with van der Waals surface area (Å²) in [6.45, 7) is 2.37. The van der Waals surface area contributed by atoms with Gasteiger partial charge < -0.3 is 5.32 Å². The Labute approximate surface area is 91.7 Å². The van der Waals surface area contributed by atoms with Crippen LogP contribution in [0.4, 0.5) is 4.39 Å². The Bertz CT molecular complexity index is 373. The van der Waals surface area contributed by atoms with Gasteiger partial charge in [0.25, 0.3) is 0 Å². The molecule has 0 bridgehead atoms. The SMILES string of the molecule is CCc1nc(CNC=O)sc1C1(F)CC1. The highest BCUT2D eigenvalue weighted by molar-refractivity contribution is 7.12. The molecule has 1 fully saturated rings. The predicted molar refractivity (Wildman–Crippen MR) is 56.4 cm³/mol. The van der Waals surface area contributed by atoms with Crippen molar-refractivity contribution < 1.29 is 9.18 Å². The number of nitrogens with one attached hydrogen (secondary N) is 1. The molecule has 15 heavy (non-hydrogen) atoms. The molecule has 1 aromatic heterocycles. The molecule has 1 N–H and O–H groups in total. The van der Waals surface area contributed by atoms with Crippen LogP contribution in [0.15, 0.2) is 0 Å². The van der Waals surface area contributed by atoms with E-state index in [9.17, 15) is 9.18 Å². The number of alkyl halides is 1. The molecule has 82 valence electrons. The third-order valence-electron chi connectivity index (χ3n) is 2.51. The van der Waals surface area contributed by atoms with Gasteiger partial charge in [0.2, 0.25) is 6.41 Å². The first kappa shape index (κ1) is 10.5. The lowest BCUT2D eigenvalue weighted by Gasteiger charge is -2.01. The number of aromatic nitrogens is 1. The minimum atomic E-state index is -1.11. The van der Waals surface area contributed by atoms with Gasteiger partial charge >= 0.3 is 0 Å². The molecule has 0 spiro atoms. The van der Waals surface area contributed by atoms with E-state index in [1.807, 2.05) is 6.92 Å². The van der Waals surface area contributed by atoms with Crippen LogP contribution in [0, 0.1) is 0 Å². The summed E-state index contributed by atoms with van der Waals surface area (Å²) in [6.07, 6.45) is 2.61. The van der Waals surface area contributed by atoms with E-state index in [1.165, 1.54) is 11.3 Å². The molecule has 1 saturated carbocycles. The van der Waals surface area contributed by atoms with Crippen molar-refractivity contribution >= 4 is 17.7 Å². The fourth-order valence-corrected chi connectivity index (χ4v) is 2.77. The molecule has 0 radical (unpaired) electrons. The molecular formula is C10H13FN2OS. The number of hydrogen-bond donors (Lipinski definition) is 1. The molecule has 0 aromatic carbocycles. The number of hydrogen-bond acceptors (Lipinski definition) is 3. The highest BCUT2D eigenvalue weighted by Gasteiger charge is 2.48. The van der Waals surface area contributed by atoms with Crippen molar-refractivity contribution in [3.8, 4) is 0 Å². The number of nitrogens with zero attached hydrogens (tertiary/aromatic N) is 1. The molecule has 1 aliphatic carbocycles. The molecular weight excluding hydrogens is 215 g/mol. The Balaban J connectivity index is 2.21. The van der Waals surface area contributed by atoms with E-state index in [0.29, 0.717) is 25.8 Å². The smallest absolute Gasteiger partial charge is 0.207 e. The largest absolute Gasteiger partial charge is 0.352 e. The van der Waals surface area contributed by atoms with E-state index in [4.69, 9.17) is 0 Å². The van der Waals surface area contributed by atoms with Gasteiger partial charge in [0.1, 0.15) is 10.7 Å². The van der Waals surface area contributed by atoms with Gasteiger partial charge in [-0.2, -0.15) is 0 Å². The average Bonchev–Trinajstić information content (AvgIpc) is 2.83. The quantitative estimate of drug-likeness (QED) is 0.782. The molecule has 0 aliphatic heterocycles. The number of amides is 1. The van der Waals surface area contributed by atoms with Gasteiger partial charge in [-0.1, -0.05) is 6.92 Å². The average molecular weight is 228 g/mol. The first-order valence-electron chi connectivity index (χ1n) is 5.04. The molecule has 5 heteroatoms. The second-order valence-corrected chi connectivity index (χ2v) is 4.78. The predicted octanol–water partition coefficient (Wildman–Crippen LogP) is 1.91. The van der Waals surface area contributed by atoms with E-state index in [1.54, 1.807) is 0 Å². The standard InChI is InChI=1S/C10H13FN2OS/c1-2-7-9(10(11)3-4-10)15-8(13-7)5-12-6-14/h6H,2-5H2,1H3,(H,12,14). The second-order valence-electron chi connectivity index (χ2n) is 3.70. The summed E-state index contributed by atoms with van der Waals surface area (Å²) < 4.78 is 13.9. The molecule has 0 saturated heterocycles. The maximum atomic E-state index is 13.9. The zero-order valence-electron chi connectivity index (χ0n) is 8.55. The Morgan fingerprint density at radius 2 is 2.40 bits per heavy atom. The molecule has 3 nitrogen and oxygen atoms in total. The van der Waals surface area contributed by atoms with Crippen molar-refractivity contribution in [2.45, 2.75) is 38.4 Å². The fraction of sp³-hybridized carbons (Fsp3) is 0.600. The lowest BCUT2D eigenvalue weighted by molar-refractivity contribution is -0.109. The van der Waals surface area contributed by atoms with Crippen molar-refractivity contribution in [1.82, 2.24) is 10.3 Å². The van der Waals surface area contributed by atoms with Crippen LogP contribution in [0.2, 0.25) is 0 Å². The van der Waals surface area contributed by atoms with Crippen molar-refractivity contribution in [1.29, 1.82) is 0 Å². The molecule has 0 unspecified atom stereocenters. The zero-order chi connectivity index (χ0) is 10.9. The maximum absolute atomic E-state index is 13.9. The number of carbonyl (C=O) groups excluding carboxylic acids is 1. The van der Waals surface area contributed by atoms with Crippen LogP contribution in [0.1, 0.15) is 35.3 Å². The highest BCUT2D eigenvalue weighted by atomic mass is 32.1. The first-order chi connectivity index (χ1) is 7.19. The van der Waals surface area contributed by atoms with Crippen LogP contribution in [0.3, 0.4) is 0 Å². The molecule has 0 atom stereocenters. The van der Waals surface area contributed by atoms with Crippen molar-refractivity contribution in [2.75, 3.05) is 0 Å². The van der Waals surface area contributed by atoms with E-state index in [-0.39, 0.29) is 0 Å². The van der Waals surface area contributed by atoms with E-state index in [2.05, 4.69) is 10.3 Å². The van der Waals surface area contributed by atoms with Gasteiger partial charge in [-0.05, 0) is 19.3 Å². The fourth-order valence-electron chi connectivity index (χ4n) is 1.53. The summed E-state index contributed by atoms with van der Waals surface area (Å²) in [7, 11) is 0. The van der Waals surface area contributed by atoms with E-state index < -0.39 is 5.67 Å². The summed E-state index contributed by atoms with van der Waals surface area (Å²) in [5, 5.41) is 3.34. The molecule has 1 aliphatic rings. The number of halogens is 1. The third kappa shape index (κ3) is 2.02. The summed E-state index contributed by atoms with van der Waals surface area (Å²) >= 11 is 1.39. The van der Waals surface area contributed by atoms with Crippen LogP contribution in [-0.2, 0) is 23.4 Å². The van der Waals surface area contributed by atoms with Crippen molar-refractivity contribution in [3.63, 3.8) is 0 Å². The maximum Gasteiger partial charge on any atom is 0.207 e.